The fourth-order valence-electron chi connectivity index (χ4n) is 1.46. The molecule has 2 rings (SSSR count). The Morgan fingerprint density at radius 3 is 3.17 bits per heavy atom. The predicted molar refractivity (Wildman–Crippen MR) is 46.8 cm³/mol. The lowest BCUT2D eigenvalue weighted by molar-refractivity contribution is 0.193. The second kappa shape index (κ2) is 3.11. The smallest absolute Gasteiger partial charge is 0.0550 e. The van der Waals surface area contributed by atoms with Gasteiger partial charge in [0.1, 0.15) is 0 Å². The van der Waals surface area contributed by atoms with Crippen LogP contribution in [0, 0.1) is 0 Å². The number of ether oxygens (including phenoxy) is 1. The van der Waals surface area contributed by atoms with Gasteiger partial charge >= 0.3 is 0 Å². The van der Waals surface area contributed by atoms with E-state index in [9.17, 15) is 0 Å². The third-order valence-electron chi connectivity index (χ3n) is 2.15. The molecule has 0 bridgehead atoms. The van der Waals surface area contributed by atoms with Crippen LogP contribution in [-0.4, -0.2) is 18.2 Å². The average Bonchev–Trinajstić information content (AvgIpc) is 2.56. The van der Waals surface area contributed by atoms with Crippen molar-refractivity contribution < 1.29 is 4.74 Å². The maximum absolute atomic E-state index is 5.65. The van der Waals surface area contributed by atoms with Gasteiger partial charge in [-0.05, 0) is 18.6 Å². The van der Waals surface area contributed by atoms with Crippen LogP contribution in [0.1, 0.15) is 18.0 Å². The molecule has 1 fully saturated rings. The van der Waals surface area contributed by atoms with Crippen LogP contribution >= 0.6 is 0 Å². The molecule has 3 nitrogen and oxygen atoms in total. The van der Waals surface area contributed by atoms with Crippen LogP contribution in [0.4, 0.5) is 5.69 Å². The molecule has 0 saturated carbocycles. The first kappa shape index (κ1) is 7.55. The molecular formula is C9H12N2O. The van der Waals surface area contributed by atoms with E-state index in [1.807, 2.05) is 6.07 Å². The Kier molecular flexibility index (Phi) is 1.96. The predicted octanol–water partition coefficient (Wildman–Crippen LogP) is 1.17. The summed E-state index contributed by atoms with van der Waals surface area (Å²) in [6.07, 6.45) is 2.82. The summed E-state index contributed by atoms with van der Waals surface area (Å²) in [5.74, 6) is 0.452. The van der Waals surface area contributed by atoms with Crippen molar-refractivity contribution in [1.82, 2.24) is 4.98 Å². The fraction of sp³-hybridized carbons (Fsp3) is 0.444. The first-order chi connectivity index (χ1) is 5.86. The van der Waals surface area contributed by atoms with E-state index in [0.717, 1.165) is 31.0 Å². The summed E-state index contributed by atoms with van der Waals surface area (Å²) in [5.41, 5.74) is 7.49. The van der Waals surface area contributed by atoms with Crippen molar-refractivity contribution in [3.63, 3.8) is 0 Å². The minimum atomic E-state index is 0.452. The molecule has 2 heterocycles. The minimum Gasteiger partial charge on any atom is -0.399 e. The molecule has 0 aliphatic carbocycles. The number of hydrogen-bond acceptors (Lipinski definition) is 3. The first-order valence-corrected chi connectivity index (χ1v) is 4.15. The van der Waals surface area contributed by atoms with Crippen LogP contribution in [0.15, 0.2) is 18.3 Å². The Labute approximate surface area is 71.6 Å². The van der Waals surface area contributed by atoms with E-state index in [1.165, 1.54) is 0 Å². The second-order valence-corrected chi connectivity index (χ2v) is 3.07. The monoisotopic (exact) mass is 164 g/mol. The van der Waals surface area contributed by atoms with Crippen LogP contribution in [0.25, 0.3) is 0 Å². The van der Waals surface area contributed by atoms with E-state index in [4.69, 9.17) is 10.5 Å². The largest absolute Gasteiger partial charge is 0.399 e. The SMILES string of the molecule is Nc1ccnc(C2CCOC2)c1. The molecule has 1 aromatic rings. The van der Waals surface area contributed by atoms with Crippen molar-refractivity contribution in [2.45, 2.75) is 12.3 Å². The molecule has 1 aromatic heterocycles. The molecule has 1 atom stereocenters. The minimum absolute atomic E-state index is 0.452. The highest BCUT2D eigenvalue weighted by atomic mass is 16.5. The van der Waals surface area contributed by atoms with Gasteiger partial charge in [0.25, 0.3) is 0 Å². The average molecular weight is 164 g/mol. The van der Waals surface area contributed by atoms with Crippen molar-refractivity contribution in [3.8, 4) is 0 Å². The molecule has 1 aliphatic rings. The molecule has 0 spiro atoms. The highest BCUT2D eigenvalue weighted by molar-refractivity contribution is 5.38. The van der Waals surface area contributed by atoms with Gasteiger partial charge in [-0.1, -0.05) is 0 Å². The van der Waals surface area contributed by atoms with E-state index < -0.39 is 0 Å². The van der Waals surface area contributed by atoms with Gasteiger partial charge < -0.3 is 10.5 Å². The van der Waals surface area contributed by atoms with Gasteiger partial charge in [-0.2, -0.15) is 0 Å². The number of nitrogens with zero attached hydrogens (tertiary/aromatic N) is 1. The van der Waals surface area contributed by atoms with Gasteiger partial charge in [0.2, 0.25) is 0 Å². The molecule has 0 radical (unpaired) electrons. The van der Waals surface area contributed by atoms with Crippen molar-refractivity contribution in [2.75, 3.05) is 18.9 Å². The van der Waals surface area contributed by atoms with E-state index in [0.29, 0.717) is 5.92 Å². The summed E-state index contributed by atoms with van der Waals surface area (Å²) in [4.78, 5) is 4.26. The van der Waals surface area contributed by atoms with Gasteiger partial charge in [-0.15, -0.1) is 0 Å². The Morgan fingerprint density at radius 1 is 1.58 bits per heavy atom. The Bertz CT molecular complexity index is 269. The maximum atomic E-state index is 5.65. The van der Waals surface area contributed by atoms with Gasteiger partial charge in [0.15, 0.2) is 0 Å². The van der Waals surface area contributed by atoms with Gasteiger partial charge in [-0.25, -0.2) is 0 Å². The third kappa shape index (κ3) is 1.41. The van der Waals surface area contributed by atoms with Crippen molar-refractivity contribution >= 4 is 5.69 Å². The lowest BCUT2D eigenvalue weighted by Gasteiger charge is -2.06. The summed E-state index contributed by atoms with van der Waals surface area (Å²) in [5, 5.41) is 0. The molecule has 1 saturated heterocycles. The highest BCUT2D eigenvalue weighted by Gasteiger charge is 2.18. The van der Waals surface area contributed by atoms with Gasteiger partial charge in [0.05, 0.1) is 6.61 Å². The van der Waals surface area contributed by atoms with Gasteiger partial charge in [0, 0.05) is 30.1 Å². The Hall–Kier alpha value is -1.09. The third-order valence-corrected chi connectivity index (χ3v) is 2.15. The summed E-state index contributed by atoms with van der Waals surface area (Å²) in [6.45, 7) is 1.64. The molecule has 0 amide bonds. The van der Waals surface area contributed by atoms with Crippen LogP contribution in [0.3, 0.4) is 0 Å². The van der Waals surface area contributed by atoms with E-state index in [-0.39, 0.29) is 0 Å². The van der Waals surface area contributed by atoms with Crippen LogP contribution in [0.2, 0.25) is 0 Å². The highest BCUT2D eigenvalue weighted by Crippen LogP contribution is 2.23. The zero-order valence-corrected chi connectivity index (χ0v) is 6.86. The number of anilines is 1. The fourth-order valence-corrected chi connectivity index (χ4v) is 1.46. The normalized spacial score (nSPS) is 22.8. The van der Waals surface area contributed by atoms with E-state index in [1.54, 1.807) is 12.3 Å². The summed E-state index contributed by atoms with van der Waals surface area (Å²) < 4.78 is 5.27. The topological polar surface area (TPSA) is 48.1 Å². The summed E-state index contributed by atoms with van der Waals surface area (Å²) in [6, 6.07) is 3.73. The molecular weight excluding hydrogens is 152 g/mol. The van der Waals surface area contributed by atoms with Crippen LogP contribution in [-0.2, 0) is 4.74 Å². The van der Waals surface area contributed by atoms with Crippen LogP contribution in [0.5, 0.6) is 0 Å². The summed E-state index contributed by atoms with van der Waals surface area (Å²) in [7, 11) is 0. The Balaban J connectivity index is 2.21. The second-order valence-electron chi connectivity index (χ2n) is 3.07. The van der Waals surface area contributed by atoms with E-state index >= 15 is 0 Å². The van der Waals surface area contributed by atoms with Crippen molar-refractivity contribution in [2.24, 2.45) is 0 Å². The lowest BCUT2D eigenvalue weighted by Crippen LogP contribution is -2.01. The zero-order chi connectivity index (χ0) is 8.39. The number of rotatable bonds is 1. The number of hydrogen-bond donors (Lipinski definition) is 1. The molecule has 0 aromatic carbocycles. The number of aromatic nitrogens is 1. The standard InChI is InChI=1S/C9H12N2O/c10-8-1-3-11-9(5-8)7-2-4-12-6-7/h1,3,5,7H,2,4,6H2,(H2,10,11). The van der Waals surface area contributed by atoms with Gasteiger partial charge in [-0.3, -0.25) is 4.98 Å². The molecule has 1 unspecified atom stereocenters. The Morgan fingerprint density at radius 2 is 2.50 bits per heavy atom. The summed E-state index contributed by atoms with van der Waals surface area (Å²) >= 11 is 0. The molecule has 2 N–H and O–H groups in total. The van der Waals surface area contributed by atoms with E-state index in [2.05, 4.69) is 4.98 Å². The lowest BCUT2D eigenvalue weighted by atomic mass is 10.0. The van der Waals surface area contributed by atoms with Crippen molar-refractivity contribution in [1.29, 1.82) is 0 Å². The first-order valence-electron chi connectivity index (χ1n) is 4.15. The number of nitrogens with two attached hydrogens (primary N) is 1. The number of pyridine rings is 1. The molecule has 1 aliphatic heterocycles. The maximum Gasteiger partial charge on any atom is 0.0550 e. The molecule has 3 heteroatoms. The van der Waals surface area contributed by atoms with Crippen LogP contribution < -0.4 is 5.73 Å². The molecule has 64 valence electrons. The molecule has 12 heavy (non-hydrogen) atoms. The quantitative estimate of drug-likeness (QED) is 0.677. The van der Waals surface area contributed by atoms with Crippen molar-refractivity contribution in [3.05, 3.63) is 24.0 Å². The zero-order valence-electron chi connectivity index (χ0n) is 6.86. The number of nitrogen functional groups attached to an aromatic ring is 1.